The maximum Gasteiger partial charge on any atom is 0.167 e. The molecule has 1 fully saturated rings. The molecule has 0 saturated carbocycles. The number of rotatable bonds is 4. The highest BCUT2D eigenvalue weighted by Gasteiger charge is 2.45. The minimum absolute atomic E-state index is 0. The number of allylic oxidation sites excluding steroid dienone is 1. The van der Waals surface area contributed by atoms with E-state index < -0.39 is 11.1 Å². The van der Waals surface area contributed by atoms with Crippen molar-refractivity contribution in [3.05, 3.63) is 12.2 Å². The van der Waals surface area contributed by atoms with Crippen molar-refractivity contribution < 1.29 is 9.59 Å². The van der Waals surface area contributed by atoms with Crippen molar-refractivity contribution in [2.75, 3.05) is 26.2 Å². The molecular formula is C20H39N3O2S2. The molecule has 0 amide bonds. The van der Waals surface area contributed by atoms with Crippen molar-refractivity contribution in [1.29, 1.82) is 0 Å². The smallest absolute Gasteiger partial charge is 0.167 e. The summed E-state index contributed by atoms with van der Waals surface area (Å²) in [6.45, 7) is 12.8. The van der Waals surface area contributed by atoms with Crippen LogP contribution in [0.3, 0.4) is 0 Å². The van der Waals surface area contributed by atoms with E-state index in [1.807, 2.05) is 20.8 Å². The molecule has 158 valence electrons. The molecule has 2 aliphatic rings. The summed E-state index contributed by atoms with van der Waals surface area (Å²) in [6, 6.07) is 0.246. The van der Waals surface area contributed by atoms with E-state index in [-0.39, 0.29) is 57.1 Å². The van der Waals surface area contributed by atoms with Crippen molar-refractivity contribution in [2.45, 2.75) is 71.0 Å². The van der Waals surface area contributed by atoms with Crippen LogP contribution in [0.4, 0.5) is 0 Å². The van der Waals surface area contributed by atoms with Crippen LogP contribution in [0.25, 0.3) is 0 Å². The minimum atomic E-state index is -0.648. The van der Waals surface area contributed by atoms with Crippen LogP contribution in [0.15, 0.2) is 12.2 Å². The molecule has 1 unspecified atom stereocenters. The van der Waals surface area contributed by atoms with Gasteiger partial charge in [0.05, 0.1) is 17.6 Å². The molecule has 2 aliphatic heterocycles. The van der Waals surface area contributed by atoms with Gasteiger partial charge in [-0.25, -0.2) is 0 Å². The molecule has 0 aromatic carbocycles. The van der Waals surface area contributed by atoms with Crippen LogP contribution in [0.1, 0.15) is 53.9 Å². The van der Waals surface area contributed by atoms with Crippen LogP contribution in [0.5, 0.6) is 0 Å². The second kappa shape index (κ2) is 11.0. The highest BCUT2D eigenvalue weighted by Crippen LogP contribution is 2.25. The monoisotopic (exact) mass is 417 g/mol. The number of carbonyl (C=O) groups is 2. The second-order valence-corrected chi connectivity index (χ2v) is 8.50. The van der Waals surface area contributed by atoms with Crippen LogP contribution in [-0.2, 0) is 9.59 Å². The lowest BCUT2D eigenvalue weighted by molar-refractivity contribution is -0.129. The van der Waals surface area contributed by atoms with Gasteiger partial charge in [-0.05, 0) is 40.0 Å². The van der Waals surface area contributed by atoms with Gasteiger partial charge in [-0.15, -0.1) is 0 Å². The van der Waals surface area contributed by atoms with E-state index in [9.17, 15) is 9.59 Å². The van der Waals surface area contributed by atoms with Gasteiger partial charge in [0, 0.05) is 31.6 Å². The van der Waals surface area contributed by atoms with Gasteiger partial charge in [-0.2, -0.15) is 27.0 Å². The number of nitrogens with one attached hydrogen (secondary N) is 2. The number of nitrogens with zero attached hydrogens (tertiary/aromatic N) is 1. The van der Waals surface area contributed by atoms with Gasteiger partial charge in [0.25, 0.3) is 0 Å². The van der Waals surface area contributed by atoms with Crippen molar-refractivity contribution in [1.82, 2.24) is 15.5 Å². The summed E-state index contributed by atoms with van der Waals surface area (Å²) in [6.07, 6.45) is 6.75. The fourth-order valence-electron chi connectivity index (χ4n) is 4.12. The molecule has 0 spiro atoms. The van der Waals surface area contributed by atoms with Crippen LogP contribution in [0, 0.1) is 5.92 Å². The number of carbonyl (C=O) groups excluding carboxylic acids is 2. The molecule has 3 atom stereocenters. The summed E-state index contributed by atoms with van der Waals surface area (Å²) in [7, 11) is 0. The molecule has 7 heteroatoms. The topological polar surface area (TPSA) is 61.4 Å². The Hall–Kier alpha value is -0.340. The standard InChI is InChI=1S/C20H35N3O2.2H2S/c1-15(2)18(25)19(5)9-7-6-8-11-23-12-10-20(14-23,22-16(3)4)17(24)13-21-19;;/h6,8,15-16,21-22H,7,9-14H2,1-5H3;2*1H2/t19-,20-;;/m0../s1. The summed E-state index contributed by atoms with van der Waals surface area (Å²) in [5.41, 5.74) is -1.15. The number of hydrogen-bond donors (Lipinski definition) is 2. The quantitative estimate of drug-likeness (QED) is 0.687. The predicted molar refractivity (Wildman–Crippen MR) is 122 cm³/mol. The molecule has 0 aromatic rings. The highest BCUT2D eigenvalue weighted by atomic mass is 32.1. The zero-order valence-corrected chi connectivity index (χ0v) is 19.5. The summed E-state index contributed by atoms with van der Waals surface area (Å²) < 4.78 is 0. The van der Waals surface area contributed by atoms with Crippen molar-refractivity contribution in [3.63, 3.8) is 0 Å². The fraction of sp³-hybridized carbons (Fsp3) is 0.800. The Morgan fingerprint density at radius 2 is 1.85 bits per heavy atom. The molecule has 2 heterocycles. The maximum atomic E-state index is 13.1. The summed E-state index contributed by atoms with van der Waals surface area (Å²) in [5, 5.41) is 6.86. The fourth-order valence-corrected chi connectivity index (χ4v) is 4.12. The van der Waals surface area contributed by atoms with Crippen molar-refractivity contribution in [3.8, 4) is 0 Å². The Bertz CT molecular complexity index is 539. The van der Waals surface area contributed by atoms with Gasteiger partial charge in [-0.1, -0.05) is 26.0 Å². The average molecular weight is 418 g/mol. The summed E-state index contributed by atoms with van der Waals surface area (Å²) in [5.74, 6) is 0.315. The SMILES string of the molecule is CC(C)N[C@]12CCN(CC=CCC[C@@](C)(C(=O)C(C)C)NCC1=O)C2.S.S. The Morgan fingerprint density at radius 1 is 1.19 bits per heavy atom. The van der Waals surface area contributed by atoms with E-state index in [2.05, 4.69) is 41.5 Å². The highest BCUT2D eigenvalue weighted by molar-refractivity contribution is 7.59. The molecule has 0 radical (unpaired) electrons. The molecule has 27 heavy (non-hydrogen) atoms. The first kappa shape index (κ1) is 26.7. The van der Waals surface area contributed by atoms with Gasteiger partial charge in [0.15, 0.2) is 11.6 Å². The number of ketones is 2. The van der Waals surface area contributed by atoms with Gasteiger partial charge in [0.2, 0.25) is 0 Å². The van der Waals surface area contributed by atoms with Gasteiger partial charge < -0.3 is 5.32 Å². The van der Waals surface area contributed by atoms with Gasteiger partial charge in [-0.3, -0.25) is 19.8 Å². The largest absolute Gasteiger partial charge is 0.302 e. The van der Waals surface area contributed by atoms with Gasteiger partial charge in [0.1, 0.15) is 0 Å². The summed E-state index contributed by atoms with van der Waals surface area (Å²) >= 11 is 0. The van der Waals surface area contributed by atoms with Gasteiger partial charge >= 0.3 is 0 Å². The lowest BCUT2D eigenvalue weighted by Gasteiger charge is -2.35. The second-order valence-electron chi connectivity index (χ2n) is 8.50. The number of fused-ring (bicyclic) bond motifs is 2. The molecule has 0 aliphatic carbocycles. The van der Waals surface area contributed by atoms with E-state index in [0.717, 1.165) is 38.9 Å². The van der Waals surface area contributed by atoms with E-state index in [4.69, 9.17) is 0 Å². The first-order chi connectivity index (χ1) is 11.7. The lowest BCUT2D eigenvalue weighted by Crippen LogP contribution is -2.61. The minimum Gasteiger partial charge on any atom is -0.302 e. The lowest BCUT2D eigenvalue weighted by atomic mass is 9.83. The molecule has 2 bridgehead atoms. The van der Waals surface area contributed by atoms with Crippen LogP contribution >= 0.6 is 27.0 Å². The third-order valence-electron chi connectivity index (χ3n) is 5.50. The van der Waals surface area contributed by atoms with Crippen LogP contribution in [0.2, 0.25) is 0 Å². The van der Waals surface area contributed by atoms with Crippen LogP contribution in [-0.4, -0.2) is 59.8 Å². The molecular weight excluding hydrogens is 378 g/mol. The number of hydrogen-bond acceptors (Lipinski definition) is 5. The normalized spacial score (nSPS) is 31.7. The maximum absolute atomic E-state index is 13.1. The first-order valence-electron chi connectivity index (χ1n) is 9.66. The zero-order valence-electron chi connectivity index (χ0n) is 17.5. The molecule has 2 rings (SSSR count). The van der Waals surface area contributed by atoms with Crippen molar-refractivity contribution >= 4 is 38.6 Å². The Balaban J connectivity index is 0.00000338. The van der Waals surface area contributed by atoms with E-state index in [0.29, 0.717) is 0 Å². The summed E-state index contributed by atoms with van der Waals surface area (Å²) in [4.78, 5) is 28.2. The van der Waals surface area contributed by atoms with Crippen LogP contribution < -0.4 is 10.6 Å². The van der Waals surface area contributed by atoms with Crippen molar-refractivity contribution in [2.24, 2.45) is 5.92 Å². The Morgan fingerprint density at radius 3 is 2.44 bits per heavy atom. The zero-order chi connectivity index (χ0) is 18.7. The molecule has 5 nitrogen and oxygen atoms in total. The van der Waals surface area contributed by atoms with E-state index in [1.54, 1.807) is 0 Å². The molecule has 0 aromatic heterocycles. The first-order valence-corrected chi connectivity index (χ1v) is 9.66. The van der Waals surface area contributed by atoms with E-state index >= 15 is 0 Å². The molecule has 1 saturated heterocycles. The average Bonchev–Trinajstić information content (AvgIpc) is 2.94. The Labute approximate surface area is 179 Å². The third-order valence-corrected chi connectivity index (χ3v) is 5.50. The Kier molecular flexibility index (Phi) is 10.9. The third kappa shape index (κ3) is 6.60. The van der Waals surface area contributed by atoms with E-state index in [1.165, 1.54) is 0 Å². The number of Topliss-reactive ketones (excluding diaryl/α,β-unsaturated/α-hetero) is 2. The predicted octanol–water partition coefficient (Wildman–Crippen LogP) is 2.15. The molecule has 2 N–H and O–H groups in total.